The van der Waals surface area contributed by atoms with E-state index in [-0.39, 0.29) is 94.8 Å². The number of hydrogen-bond donors (Lipinski definition) is 2. The molecule has 0 bridgehead atoms. The lowest BCUT2D eigenvalue weighted by Crippen LogP contribution is -2.78. The molecule has 6 heteroatoms. The number of allylic oxidation sites excluding steroid dienone is 1. The molecule has 254 valence electrons. The topological polar surface area (TPSA) is 109 Å². The third-order valence-electron chi connectivity index (χ3n) is 17.1. The van der Waals surface area contributed by atoms with E-state index in [0.717, 1.165) is 44.1 Å². The molecule has 0 saturated heterocycles. The summed E-state index contributed by atoms with van der Waals surface area (Å²) in [7, 11) is 0. The van der Waals surface area contributed by atoms with Gasteiger partial charge in [0.1, 0.15) is 28.9 Å². The standard InChI is InChI=1S/C40H58O6/c1-22(2)23-16-21-39-32(23)24-14-15-28-36(5)19-18-29(43)35(3,4)27(36)17-20-37(28,6)38(24,7)33-25(41)10-8-12-30(44)40(33,39)31(45)13-9-11-26(42)34(39)46/h23-24,26-29,32-33,42-43H,1,8-21H2,2-7H3/t23-,24+,26?,27-,28+,29-,32+,33?,36-,37+,38-,39-,40?/m0/s1. The van der Waals surface area contributed by atoms with E-state index >= 15 is 19.2 Å². The van der Waals surface area contributed by atoms with Gasteiger partial charge in [-0.25, -0.2) is 0 Å². The van der Waals surface area contributed by atoms with E-state index in [4.69, 9.17) is 0 Å². The molecule has 0 heterocycles. The molecule has 6 nitrogen and oxygen atoms in total. The van der Waals surface area contributed by atoms with Gasteiger partial charge in [0.15, 0.2) is 5.78 Å². The summed E-state index contributed by atoms with van der Waals surface area (Å²) in [6.45, 7) is 18.0. The van der Waals surface area contributed by atoms with E-state index in [1.807, 2.05) is 6.92 Å². The molecule has 0 aromatic heterocycles. The van der Waals surface area contributed by atoms with Gasteiger partial charge in [0.05, 0.1) is 11.5 Å². The number of rotatable bonds is 1. The summed E-state index contributed by atoms with van der Waals surface area (Å²) in [4.78, 5) is 60.4. The van der Waals surface area contributed by atoms with Crippen LogP contribution in [0.4, 0.5) is 0 Å². The van der Waals surface area contributed by atoms with Crippen molar-refractivity contribution in [2.45, 2.75) is 144 Å². The number of hydrogen-bond acceptors (Lipinski definition) is 6. The van der Waals surface area contributed by atoms with E-state index in [9.17, 15) is 10.2 Å². The molecule has 0 aromatic rings. The minimum atomic E-state index is -1.73. The Balaban J connectivity index is 1.54. The van der Waals surface area contributed by atoms with E-state index < -0.39 is 28.3 Å². The molecule has 0 aliphatic heterocycles. The monoisotopic (exact) mass is 634 g/mol. The molecule has 0 radical (unpaired) electrons. The first kappa shape index (κ1) is 32.9. The normalized spacial score (nSPS) is 53.3. The Morgan fingerprint density at radius 1 is 0.761 bits per heavy atom. The highest BCUT2D eigenvalue weighted by molar-refractivity contribution is 6.17. The predicted octanol–water partition coefficient (Wildman–Crippen LogP) is 6.83. The number of fused-ring (bicyclic) bond motifs is 7. The molecule has 2 spiro atoms. The molecular formula is C40H58O6. The zero-order valence-corrected chi connectivity index (χ0v) is 29.3. The minimum absolute atomic E-state index is 0.000268. The molecule has 7 fully saturated rings. The van der Waals surface area contributed by atoms with Crippen LogP contribution in [-0.2, 0) is 19.2 Å². The third kappa shape index (κ3) is 3.52. The molecule has 7 saturated carbocycles. The number of Topliss-reactive ketones (excluding diaryl/α,β-unsaturated/α-hetero) is 4. The third-order valence-corrected chi connectivity index (χ3v) is 17.1. The van der Waals surface area contributed by atoms with Crippen molar-refractivity contribution in [1.29, 1.82) is 0 Å². The number of aliphatic hydroxyl groups is 2. The average Bonchev–Trinajstić information content (AvgIpc) is 3.33. The van der Waals surface area contributed by atoms with Gasteiger partial charge in [-0.15, -0.1) is 0 Å². The first-order chi connectivity index (χ1) is 21.5. The van der Waals surface area contributed by atoms with Crippen LogP contribution in [-0.4, -0.2) is 45.6 Å². The zero-order valence-electron chi connectivity index (χ0n) is 29.3. The van der Waals surface area contributed by atoms with Crippen LogP contribution in [0.3, 0.4) is 0 Å². The highest BCUT2D eigenvalue weighted by Crippen LogP contribution is 2.83. The fourth-order valence-electron chi connectivity index (χ4n) is 15.3. The van der Waals surface area contributed by atoms with E-state index in [2.05, 4.69) is 41.2 Å². The van der Waals surface area contributed by atoms with E-state index in [0.29, 0.717) is 31.6 Å². The van der Waals surface area contributed by atoms with Gasteiger partial charge >= 0.3 is 0 Å². The lowest BCUT2D eigenvalue weighted by atomic mass is 9.25. The first-order valence-electron chi connectivity index (χ1n) is 18.6. The van der Waals surface area contributed by atoms with Crippen LogP contribution in [0.2, 0.25) is 0 Å². The van der Waals surface area contributed by atoms with Gasteiger partial charge in [0.25, 0.3) is 0 Å². The quantitative estimate of drug-likeness (QED) is 0.242. The maximum atomic E-state index is 15.2. The molecule has 7 rings (SSSR count). The summed E-state index contributed by atoms with van der Waals surface area (Å²) in [5.41, 5.74) is -3.44. The van der Waals surface area contributed by atoms with Crippen molar-refractivity contribution in [3.63, 3.8) is 0 Å². The van der Waals surface area contributed by atoms with Crippen molar-refractivity contribution >= 4 is 23.1 Å². The fourth-order valence-corrected chi connectivity index (χ4v) is 15.3. The van der Waals surface area contributed by atoms with Gasteiger partial charge < -0.3 is 10.2 Å². The van der Waals surface area contributed by atoms with Gasteiger partial charge in [-0.05, 0) is 129 Å². The molecule has 2 N–H and O–H groups in total. The highest BCUT2D eigenvalue weighted by Gasteiger charge is 2.85. The largest absolute Gasteiger partial charge is 0.393 e. The maximum absolute atomic E-state index is 15.2. The van der Waals surface area contributed by atoms with Crippen LogP contribution in [0.5, 0.6) is 0 Å². The van der Waals surface area contributed by atoms with Crippen LogP contribution in [0.1, 0.15) is 131 Å². The maximum Gasteiger partial charge on any atom is 0.169 e. The molecule has 0 aromatic carbocycles. The summed E-state index contributed by atoms with van der Waals surface area (Å²) < 4.78 is 0. The predicted molar refractivity (Wildman–Crippen MR) is 175 cm³/mol. The smallest absolute Gasteiger partial charge is 0.169 e. The van der Waals surface area contributed by atoms with Crippen molar-refractivity contribution in [1.82, 2.24) is 0 Å². The number of carbonyl (C=O) groups excluding carboxylic acids is 4. The summed E-state index contributed by atoms with van der Waals surface area (Å²) in [5, 5.41) is 22.7. The lowest BCUT2D eigenvalue weighted by molar-refractivity contribution is -0.281. The molecule has 7 aliphatic rings. The number of aliphatic hydroxyl groups excluding tert-OH is 2. The number of ketones is 4. The molecule has 3 unspecified atom stereocenters. The van der Waals surface area contributed by atoms with Crippen LogP contribution in [0.25, 0.3) is 0 Å². The minimum Gasteiger partial charge on any atom is -0.393 e. The van der Waals surface area contributed by atoms with Crippen LogP contribution in [0, 0.1) is 68.0 Å². The zero-order chi connectivity index (χ0) is 33.4. The highest BCUT2D eigenvalue weighted by atomic mass is 16.3. The summed E-state index contributed by atoms with van der Waals surface area (Å²) in [6, 6.07) is 0. The Hall–Kier alpha value is -1.66. The molecular weight excluding hydrogens is 576 g/mol. The van der Waals surface area contributed by atoms with Crippen LogP contribution >= 0.6 is 0 Å². The summed E-state index contributed by atoms with van der Waals surface area (Å²) in [6.07, 6.45) is 6.25. The van der Waals surface area contributed by atoms with Crippen molar-refractivity contribution in [3.05, 3.63) is 12.2 Å². The molecule has 13 atom stereocenters. The molecule has 46 heavy (non-hydrogen) atoms. The van der Waals surface area contributed by atoms with Crippen molar-refractivity contribution in [2.24, 2.45) is 68.0 Å². The second kappa shape index (κ2) is 10.2. The van der Waals surface area contributed by atoms with Crippen LogP contribution < -0.4 is 0 Å². The van der Waals surface area contributed by atoms with E-state index in [1.54, 1.807) is 0 Å². The van der Waals surface area contributed by atoms with Crippen molar-refractivity contribution in [3.8, 4) is 0 Å². The Bertz CT molecular complexity index is 1400. The second-order valence-corrected chi connectivity index (χ2v) is 18.6. The van der Waals surface area contributed by atoms with Gasteiger partial charge in [-0.2, -0.15) is 0 Å². The van der Waals surface area contributed by atoms with Crippen molar-refractivity contribution in [2.75, 3.05) is 0 Å². The Labute approximate surface area is 275 Å². The SMILES string of the molecule is C=C(C)[C@@H]1CC[C@]23C(=O)C(O)CCCC(=O)C24C(=O)CCCC(=O)C4[C@]2(C)[C@H](CC[C@@H]4[C@@]5(C)CC[C@H](O)C(C)(C)[C@@H]5CC[C@]42C)[C@@H]13. The van der Waals surface area contributed by atoms with Gasteiger partial charge in [0.2, 0.25) is 0 Å². The van der Waals surface area contributed by atoms with E-state index in [1.165, 1.54) is 0 Å². The Kier molecular flexibility index (Phi) is 7.28. The van der Waals surface area contributed by atoms with Crippen molar-refractivity contribution < 1.29 is 29.4 Å². The second-order valence-electron chi connectivity index (χ2n) is 18.6. The Morgan fingerprint density at radius 3 is 2.11 bits per heavy atom. The average molecular weight is 635 g/mol. The summed E-state index contributed by atoms with van der Waals surface area (Å²) in [5.74, 6) is -1.40. The van der Waals surface area contributed by atoms with Gasteiger partial charge in [0, 0.05) is 25.2 Å². The lowest BCUT2D eigenvalue weighted by Gasteiger charge is -2.76. The van der Waals surface area contributed by atoms with Crippen LogP contribution in [0.15, 0.2) is 12.2 Å². The molecule has 0 amide bonds. The Morgan fingerprint density at radius 2 is 1.43 bits per heavy atom. The fraction of sp³-hybridized carbons (Fsp3) is 0.850. The summed E-state index contributed by atoms with van der Waals surface area (Å²) >= 11 is 0. The van der Waals surface area contributed by atoms with Gasteiger partial charge in [-0.1, -0.05) is 46.8 Å². The first-order valence-corrected chi connectivity index (χ1v) is 18.6. The van der Waals surface area contributed by atoms with Gasteiger partial charge in [-0.3, -0.25) is 19.2 Å². The molecule has 7 aliphatic carbocycles. The number of carbonyl (C=O) groups is 4.